The number of hydrogen-bond acceptors (Lipinski definition) is 8. The topological polar surface area (TPSA) is 129 Å². The molecule has 0 aliphatic carbocycles. The molecule has 14 heteroatoms. The molecule has 0 bridgehead atoms. The maximum atomic E-state index is 11.8. The van der Waals surface area contributed by atoms with Gasteiger partial charge in [0.2, 0.25) is 0 Å². The van der Waals surface area contributed by atoms with E-state index in [9.17, 15) is 21.4 Å². The number of aromatic nitrogens is 2. The molecule has 3 heterocycles. The summed E-state index contributed by atoms with van der Waals surface area (Å²) in [4.78, 5) is 8.16. The Kier molecular flexibility index (Phi) is 8.61. The Bertz CT molecular complexity index is 1610. The van der Waals surface area contributed by atoms with Crippen molar-refractivity contribution in [3.8, 4) is 0 Å². The van der Waals surface area contributed by atoms with E-state index in [-0.39, 0.29) is 20.7 Å². The molecule has 2 N–H and O–H groups in total. The Morgan fingerprint density at radius 1 is 1.14 bits per heavy atom. The molecule has 3 aromatic rings. The molecule has 200 valence electrons. The zero-order chi connectivity index (χ0) is 27.0. The van der Waals surface area contributed by atoms with Gasteiger partial charge in [0.1, 0.15) is 0 Å². The van der Waals surface area contributed by atoms with Gasteiger partial charge >= 0.3 is 232 Å². The van der Waals surface area contributed by atoms with Crippen LogP contribution in [0.2, 0.25) is 0 Å². The fraction of sp³-hybridized carbons (Fsp3) is 0.391. The van der Waals surface area contributed by atoms with Gasteiger partial charge in [0.25, 0.3) is 0 Å². The molecular weight excluding hydrogens is 621 g/mol. The van der Waals surface area contributed by atoms with Gasteiger partial charge in [-0.3, -0.25) is 0 Å². The minimum atomic E-state index is -4.25. The van der Waals surface area contributed by atoms with E-state index < -0.39 is 26.1 Å². The Labute approximate surface area is 231 Å². The van der Waals surface area contributed by atoms with Crippen molar-refractivity contribution in [3.05, 3.63) is 50.0 Å². The molecular formula is C23H28N3O6S4Se+. The number of allylic oxidation sites excluding steroid dienone is 2. The number of aryl methyl sites for hydroxylation is 2. The number of fused-ring (bicyclic) bond motifs is 2. The van der Waals surface area contributed by atoms with Crippen LogP contribution in [0.5, 0.6) is 0 Å². The molecule has 0 fully saturated rings. The Morgan fingerprint density at radius 3 is 2.57 bits per heavy atom. The molecule has 0 saturated carbocycles. The number of unbranched alkanes of at least 4 members (excludes halogenated alkanes) is 1. The summed E-state index contributed by atoms with van der Waals surface area (Å²) in [6, 6.07) is 6.35. The summed E-state index contributed by atoms with van der Waals surface area (Å²) in [6.45, 7) is 6.55. The van der Waals surface area contributed by atoms with E-state index in [2.05, 4.69) is 34.2 Å². The molecule has 9 nitrogen and oxygen atoms in total. The van der Waals surface area contributed by atoms with Crippen LogP contribution in [0.3, 0.4) is 0 Å². The molecule has 0 saturated heterocycles. The maximum absolute atomic E-state index is 11.8. The first-order valence-corrected chi connectivity index (χ1v) is 18.1. The van der Waals surface area contributed by atoms with Gasteiger partial charge < -0.3 is 0 Å². The second-order valence-corrected chi connectivity index (χ2v) is 16.1. The van der Waals surface area contributed by atoms with Crippen LogP contribution in [-0.4, -0.2) is 58.2 Å². The number of nitrogens with zero attached hydrogens (tertiary/aromatic N) is 3. The van der Waals surface area contributed by atoms with Crippen molar-refractivity contribution in [2.75, 3.05) is 17.2 Å². The average molecular weight is 650 g/mol. The third kappa shape index (κ3) is 7.27. The van der Waals surface area contributed by atoms with Crippen molar-refractivity contribution in [2.24, 2.45) is 0 Å². The zero-order valence-corrected chi connectivity index (χ0v) is 25.5. The van der Waals surface area contributed by atoms with Crippen LogP contribution in [-0.2, 0) is 26.1 Å². The first kappa shape index (κ1) is 28.4. The summed E-state index contributed by atoms with van der Waals surface area (Å²) in [7, 11) is -8.24. The molecule has 0 spiro atoms. The fourth-order valence-corrected chi connectivity index (χ4v) is 9.92. The van der Waals surface area contributed by atoms with Crippen molar-refractivity contribution >= 4 is 83.8 Å². The summed E-state index contributed by atoms with van der Waals surface area (Å²) in [5.41, 5.74) is 3.25. The fourth-order valence-electron chi connectivity index (χ4n) is 3.95. The summed E-state index contributed by atoms with van der Waals surface area (Å²) in [5.74, 6) is -0.800. The van der Waals surface area contributed by atoms with Gasteiger partial charge in [0, 0.05) is 0 Å². The number of benzene rings is 1. The molecule has 0 radical (unpaired) electrons. The predicted octanol–water partition coefficient (Wildman–Crippen LogP) is 3.26. The van der Waals surface area contributed by atoms with Crippen LogP contribution in [0, 0.1) is 13.8 Å². The summed E-state index contributed by atoms with van der Waals surface area (Å²) >= 11 is 2.82. The van der Waals surface area contributed by atoms with Crippen LogP contribution in [0.15, 0.2) is 34.4 Å². The third-order valence-corrected chi connectivity index (χ3v) is 11.5. The summed E-state index contributed by atoms with van der Waals surface area (Å²) in [5, 5.41) is 1.52. The van der Waals surface area contributed by atoms with Crippen LogP contribution in [0.1, 0.15) is 41.8 Å². The molecule has 37 heavy (non-hydrogen) atoms. The SMILES string of the molecule is CCC(=C/c1sc2nc(C)sc2[n+]1CS(=O)(=O)O)/C=C1/[Se]c2ccc(C)cc2N1CCCCS(=O)(=O)O. The van der Waals surface area contributed by atoms with E-state index >= 15 is 0 Å². The van der Waals surface area contributed by atoms with Crippen molar-refractivity contribution in [1.82, 2.24) is 4.98 Å². The van der Waals surface area contributed by atoms with Gasteiger partial charge in [-0.1, -0.05) is 0 Å². The van der Waals surface area contributed by atoms with Gasteiger partial charge in [-0.05, 0) is 0 Å². The quantitative estimate of drug-likeness (QED) is 0.148. The third-order valence-electron chi connectivity index (χ3n) is 5.64. The molecule has 2 aromatic heterocycles. The van der Waals surface area contributed by atoms with Crippen LogP contribution in [0.4, 0.5) is 5.69 Å². The van der Waals surface area contributed by atoms with E-state index in [1.54, 1.807) is 4.57 Å². The minimum absolute atomic E-state index is 0.0409. The van der Waals surface area contributed by atoms with Crippen molar-refractivity contribution in [1.29, 1.82) is 0 Å². The van der Waals surface area contributed by atoms with Gasteiger partial charge in [0.15, 0.2) is 0 Å². The number of thiazole rings is 2. The first-order chi connectivity index (χ1) is 17.3. The Hall–Kier alpha value is -1.64. The molecule has 0 amide bonds. The summed E-state index contributed by atoms with van der Waals surface area (Å²) in [6.07, 6.45) is 5.75. The molecule has 1 aliphatic heterocycles. The van der Waals surface area contributed by atoms with Gasteiger partial charge in [-0.25, -0.2) is 0 Å². The average Bonchev–Trinajstić information content (AvgIpc) is 3.40. The van der Waals surface area contributed by atoms with Crippen molar-refractivity contribution in [3.63, 3.8) is 0 Å². The van der Waals surface area contributed by atoms with Crippen LogP contribution >= 0.6 is 22.7 Å². The molecule has 1 aliphatic rings. The van der Waals surface area contributed by atoms with E-state index in [1.807, 2.05) is 26.8 Å². The Balaban J connectivity index is 1.69. The van der Waals surface area contributed by atoms with E-state index in [0.29, 0.717) is 35.6 Å². The second kappa shape index (κ2) is 11.2. The number of hydrogen-bond donors (Lipinski definition) is 2. The van der Waals surface area contributed by atoms with E-state index in [0.717, 1.165) is 31.3 Å². The van der Waals surface area contributed by atoms with Gasteiger partial charge in [-0.15, -0.1) is 0 Å². The number of rotatable bonds is 10. The van der Waals surface area contributed by atoms with Crippen LogP contribution < -0.4 is 13.9 Å². The summed E-state index contributed by atoms with van der Waals surface area (Å²) < 4.78 is 68.4. The van der Waals surface area contributed by atoms with Crippen molar-refractivity contribution < 1.29 is 30.5 Å². The Morgan fingerprint density at radius 2 is 1.89 bits per heavy atom. The molecule has 4 rings (SSSR count). The molecule has 1 aromatic carbocycles. The van der Waals surface area contributed by atoms with E-state index in [1.165, 1.54) is 27.1 Å². The zero-order valence-electron chi connectivity index (χ0n) is 20.5. The first-order valence-electron chi connectivity index (χ1n) is 11.5. The standard InChI is InChI=1S/C23H27N3O6S4Se/c1-4-17(12-20-26(14-36(30,31)32)23-22(34-20)24-16(3)33-23)13-21-25(9-5-6-10-35(27,28)29)18-11-15(2)7-8-19(18)37-21/h7-8,11-13H,4-6,9-10,14H2,1-3H3,(H-,27,28,29,30,31,32)/p+1. The van der Waals surface area contributed by atoms with Gasteiger partial charge in [-0.2, -0.15) is 0 Å². The number of anilines is 1. The van der Waals surface area contributed by atoms with Gasteiger partial charge in [0.05, 0.1) is 0 Å². The van der Waals surface area contributed by atoms with Crippen molar-refractivity contribution in [2.45, 2.75) is 45.9 Å². The second-order valence-electron chi connectivity index (χ2n) is 8.70. The molecule has 0 unspecified atom stereocenters. The molecule has 0 atom stereocenters. The van der Waals surface area contributed by atoms with E-state index in [4.69, 9.17) is 4.55 Å². The monoisotopic (exact) mass is 650 g/mol. The predicted molar refractivity (Wildman–Crippen MR) is 150 cm³/mol. The van der Waals surface area contributed by atoms with Crippen LogP contribution in [0.25, 0.3) is 15.7 Å². The normalized spacial score (nSPS) is 15.8.